The highest BCUT2D eigenvalue weighted by molar-refractivity contribution is 9.10. The van der Waals surface area contributed by atoms with Gasteiger partial charge in [-0.1, -0.05) is 6.92 Å². The zero-order valence-electron chi connectivity index (χ0n) is 11.1. The number of hydrogen-bond donors (Lipinski definition) is 1. The van der Waals surface area contributed by atoms with Crippen molar-refractivity contribution in [2.45, 2.75) is 32.6 Å². The van der Waals surface area contributed by atoms with Gasteiger partial charge in [0.25, 0.3) is 0 Å². The van der Waals surface area contributed by atoms with Gasteiger partial charge in [0.15, 0.2) is 0 Å². The molecule has 5 nitrogen and oxygen atoms in total. The number of aromatic nitrogens is 2. The molecule has 1 aliphatic rings. The molecular weight excluding hydrogens is 308 g/mol. The Morgan fingerprint density at radius 3 is 2.74 bits per heavy atom. The van der Waals surface area contributed by atoms with Gasteiger partial charge in [-0.3, -0.25) is 4.79 Å². The predicted octanol–water partition coefficient (Wildman–Crippen LogP) is 1.89. The average Bonchev–Trinajstić information content (AvgIpc) is 2.38. The Morgan fingerprint density at radius 2 is 2.16 bits per heavy atom. The van der Waals surface area contributed by atoms with Crippen LogP contribution < -0.4 is 10.6 Å². The summed E-state index contributed by atoms with van der Waals surface area (Å²) in [6, 6.07) is 1.95. The van der Waals surface area contributed by atoms with Crippen LogP contribution in [-0.2, 0) is 11.2 Å². The Morgan fingerprint density at radius 1 is 1.47 bits per heavy atom. The van der Waals surface area contributed by atoms with Crippen molar-refractivity contribution in [1.82, 2.24) is 9.97 Å². The highest BCUT2D eigenvalue weighted by Crippen LogP contribution is 2.25. The Bertz CT molecular complexity index is 458. The molecule has 0 spiro atoms. The topological polar surface area (TPSA) is 72.1 Å². The van der Waals surface area contributed by atoms with E-state index in [1.807, 2.05) is 13.0 Å². The molecular formula is C13H19BrN4O. The number of nitrogens with two attached hydrogens (primary N) is 1. The SMILES string of the molecule is CCc1nc(Br)cc(N2CCC(CC(N)=O)CC2)n1. The van der Waals surface area contributed by atoms with E-state index in [0.717, 1.165) is 48.6 Å². The summed E-state index contributed by atoms with van der Waals surface area (Å²) in [5, 5.41) is 0. The van der Waals surface area contributed by atoms with Crippen molar-refractivity contribution in [1.29, 1.82) is 0 Å². The second-order valence-corrected chi connectivity index (χ2v) is 5.73. The fourth-order valence-electron chi connectivity index (χ4n) is 2.42. The number of carbonyl (C=O) groups excluding carboxylic acids is 1. The second kappa shape index (κ2) is 6.32. The van der Waals surface area contributed by atoms with Crippen molar-refractivity contribution in [3.05, 3.63) is 16.5 Å². The first-order valence-corrected chi connectivity index (χ1v) is 7.44. The molecule has 0 saturated carbocycles. The molecule has 2 heterocycles. The number of primary amides is 1. The number of aryl methyl sites for hydroxylation is 1. The quantitative estimate of drug-likeness (QED) is 0.857. The predicted molar refractivity (Wildman–Crippen MR) is 77.9 cm³/mol. The summed E-state index contributed by atoms with van der Waals surface area (Å²) < 4.78 is 0.827. The van der Waals surface area contributed by atoms with E-state index in [4.69, 9.17) is 5.73 Å². The number of rotatable bonds is 4. The number of carbonyl (C=O) groups is 1. The highest BCUT2D eigenvalue weighted by atomic mass is 79.9. The van der Waals surface area contributed by atoms with Gasteiger partial charge in [0.1, 0.15) is 16.2 Å². The van der Waals surface area contributed by atoms with Crippen LogP contribution in [0.2, 0.25) is 0 Å². The molecule has 1 fully saturated rings. The molecule has 19 heavy (non-hydrogen) atoms. The van der Waals surface area contributed by atoms with Crippen molar-refractivity contribution in [3.8, 4) is 0 Å². The lowest BCUT2D eigenvalue weighted by Gasteiger charge is -2.32. The molecule has 0 aliphatic carbocycles. The molecule has 2 rings (SSSR count). The number of piperidine rings is 1. The Labute approximate surface area is 121 Å². The van der Waals surface area contributed by atoms with Gasteiger partial charge in [0.2, 0.25) is 5.91 Å². The Balaban J connectivity index is 2.01. The Hall–Kier alpha value is -1.17. The average molecular weight is 327 g/mol. The van der Waals surface area contributed by atoms with Crippen LogP contribution >= 0.6 is 15.9 Å². The van der Waals surface area contributed by atoms with Crippen LogP contribution in [0.1, 0.15) is 32.0 Å². The van der Waals surface area contributed by atoms with E-state index < -0.39 is 0 Å². The van der Waals surface area contributed by atoms with Gasteiger partial charge in [-0.05, 0) is 34.7 Å². The van der Waals surface area contributed by atoms with Gasteiger partial charge < -0.3 is 10.6 Å². The first kappa shape index (κ1) is 14.2. The van der Waals surface area contributed by atoms with Crippen molar-refractivity contribution in [3.63, 3.8) is 0 Å². The van der Waals surface area contributed by atoms with E-state index in [-0.39, 0.29) is 5.91 Å². The second-order valence-electron chi connectivity index (χ2n) is 4.92. The van der Waals surface area contributed by atoms with E-state index >= 15 is 0 Å². The van der Waals surface area contributed by atoms with Gasteiger partial charge >= 0.3 is 0 Å². The number of anilines is 1. The zero-order valence-corrected chi connectivity index (χ0v) is 12.7. The zero-order chi connectivity index (χ0) is 13.8. The third-order valence-electron chi connectivity index (χ3n) is 3.47. The fraction of sp³-hybridized carbons (Fsp3) is 0.615. The molecule has 0 bridgehead atoms. The minimum atomic E-state index is -0.198. The van der Waals surface area contributed by atoms with Gasteiger partial charge in [-0.15, -0.1) is 0 Å². The molecule has 0 aromatic carbocycles. The summed E-state index contributed by atoms with van der Waals surface area (Å²) in [6.45, 7) is 3.89. The molecule has 1 aliphatic heterocycles. The van der Waals surface area contributed by atoms with Crippen LogP contribution in [0.5, 0.6) is 0 Å². The van der Waals surface area contributed by atoms with Gasteiger partial charge in [0.05, 0.1) is 0 Å². The van der Waals surface area contributed by atoms with Gasteiger partial charge in [-0.25, -0.2) is 9.97 Å². The van der Waals surface area contributed by atoms with Crippen molar-refractivity contribution < 1.29 is 4.79 Å². The molecule has 1 aromatic heterocycles. The van der Waals surface area contributed by atoms with Gasteiger partial charge in [-0.2, -0.15) is 0 Å². The molecule has 1 saturated heterocycles. The lowest BCUT2D eigenvalue weighted by Crippen LogP contribution is -2.35. The number of hydrogen-bond acceptors (Lipinski definition) is 4. The maximum absolute atomic E-state index is 10.9. The molecule has 0 unspecified atom stereocenters. The molecule has 1 aromatic rings. The van der Waals surface area contributed by atoms with Crippen LogP contribution in [0.3, 0.4) is 0 Å². The number of nitrogens with zero attached hydrogens (tertiary/aromatic N) is 3. The van der Waals surface area contributed by atoms with Crippen LogP contribution in [0.25, 0.3) is 0 Å². The minimum Gasteiger partial charge on any atom is -0.370 e. The highest BCUT2D eigenvalue weighted by Gasteiger charge is 2.22. The fourth-order valence-corrected chi connectivity index (χ4v) is 2.83. The van der Waals surface area contributed by atoms with E-state index in [9.17, 15) is 4.79 Å². The van der Waals surface area contributed by atoms with Crippen LogP contribution in [-0.4, -0.2) is 29.0 Å². The number of halogens is 1. The third-order valence-corrected chi connectivity index (χ3v) is 3.88. The van der Waals surface area contributed by atoms with E-state index in [1.54, 1.807) is 0 Å². The molecule has 0 atom stereocenters. The number of amides is 1. The first-order chi connectivity index (χ1) is 9.08. The molecule has 2 N–H and O–H groups in total. The standard InChI is InChI=1S/C13H19BrN4O/c1-2-12-16-10(14)8-13(17-12)18-5-3-9(4-6-18)7-11(15)19/h8-9H,2-7H2,1H3,(H2,15,19). The smallest absolute Gasteiger partial charge is 0.217 e. The summed E-state index contributed by atoms with van der Waals surface area (Å²) >= 11 is 3.43. The Kier molecular flexibility index (Phi) is 4.74. The summed E-state index contributed by atoms with van der Waals surface area (Å²) in [6.07, 6.45) is 3.31. The lowest BCUT2D eigenvalue weighted by atomic mass is 9.93. The molecule has 104 valence electrons. The maximum atomic E-state index is 10.9. The van der Waals surface area contributed by atoms with Crippen molar-refractivity contribution >= 4 is 27.7 Å². The monoisotopic (exact) mass is 326 g/mol. The lowest BCUT2D eigenvalue weighted by molar-refractivity contribution is -0.119. The van der Waals surface area contributed by atoms with E-state index in [1.165, 1.54) is 0 Å². The van der Waals surface area contributed by atoms with Crippen molar-refractivity contribution in [2.75, 3.05) is 18.0 Å². The first-order valence-electron chi connectivity index (χ1n) is 6.65. The summed E-state index contributed by atoms with van der Waals surface area (Å²) in [5.41, 5.74) is 5.25. The van der Waals surface area contributed by atoms with E-state index in [2.05, 4.69) is 30.8 Å². The summed E-state index contributed by atoms with van der Waals surface area (Å²) in [4.78, 5) is 22.1. The van der Waals surface area contributed by atoms with E-state index in [0.29, 0.717) is 12.3 Å². The van der Waals surface area contributed by atoms with Crippen molar-refractivity contribution in [2.24, 2.45) is 11.7 Å². The molecule has 6 heteroatoms. The molecule has 1 amide bonds. The van der Waals surface area contributed by atoms with Crippen LogP contribution in [0.15, 0.2) is 10.7 Å². The maximum Gasteiger partial charge on any atom is 0.217 e. The normalized spacial score (nSPS) is 16.6. The van der Waals surface area contributed by atoms with Crippen LogP contribution in [0, 0.1) is 5.92 Å². The summed E-state index contributed by atoms with van der Waals surface area (Å²) in [7, 11) is 0. The molecule has 0 radical (unpaired) electrons. The van der Waals surface area contributed by atoms with Gasteiger partial charge in [0, 0.05) is 32.0 Å². The minimum absolute atomic E-state index is 0.198. The summed E-state index contributed by atoms with van der Waals surface area (Å²) in [5.74, 6) is 2.04. The van der Waals surface area contributed by atoms with Crippen LogP contribution in [0.4, 0.5) is 5.82 Å². The largest absolute Gasteiger partial charge is 0.370 e. The third kappa shape index (κ3) is 3.89.